The lowest BCUT2D eigenvalue weighted by molar-refractivity contribution is 0.0672. The SMILES string of the molecule is CCOc1ccc(C(=O)N(CCOC)CC(C)C)cc1N. The Morgan fingerprint density at radius 1 is 1.38 bits per heavy atom. The normalized spacial score (nSPS) is 10.7. The topological polar surface area (TPSA) is 64.8 Å². The summed E-state index contributed by atoms with van der Waals surface area (Å²) in [4.78, 5) is 14.4. The molecule has 5 nitrogen and oxygen atoms in total. The number of nitrogens with two attached hydrogens (primary N) is 1. The van der Waals surface area contributed by atoms with Gasteiger partial charge in [-0.05, 0) is 31.0 Å². The predicted molar refractivity (Wildman–Crippen MR) is 84.6 cm³/mol. The van der Waals surface area contributed by atoms with Crippen LogP contribution in [0.1, 0.15) is 31.1 Å². The highest BCUT2D eigenvalue weighted by molar-refractivity contribution is 5.95. The first-order chi connectivity index (χ1) is 9.99. The van der Waals surface area contributed by atoms with E-state index in [0.717, 1.165) is 0 Å². The van der Waals surface area contributed by atoms with Crippen LogP contribution in [-0.4, -0.2) is 44.2 Å². The third-order valence-corrected chi connectivity index (χ3v) is 2.99. The van der Waals surface area contributed by atoms with E-state index in [2.05, 4.69) is 13.8 Å². The summed E-state index contributed by atoms with van der Waals surface area (Å²) < 4.78 is 10.5. The van der Waals surface area contributed by atoms with Crippen molar-refractivity contribution in [2.45, 2.75) is 20.8 Å². The smallest absolute Gasteiger partial charge is 0.254 e. The van der Waals surface area contributed by atoms with Gasteiger partial charge in [-0.3, -0.25) is 4.79 Å². The fourth-order valence-electron chi connectivity index (χ4n) is 2.07. The van der Waals surface area contributed by atoms with E-state index in [1.54, 1.807) is 30.2 Å². The van der Waals surface area contributed by atoms with Crippen molar-refractivity contribution < 1.29 is 14.3 Å². The summed E-state index contributed by atoms with van der Waals surface area (Å²) in [6.07, 6.45) is 0. The molecule has 0 atom stereocenters. The molecule has 1 rings (SSSR count). The van der Waals surface area contributed by atoms with E-state index in [-0.39, 0.29) is 5.91 Å². The summed E-state index contributed by atoms with van der Waals surface area (Å²) in [7, 11) is 1.63. The molecule has 0 fully saturated rings. The number of ether oxygens (including phenoxy) is 2. The molecule has 0 aliphatic carbocycles. The van der Waals surface area contributed by atoms with Gasteiger partial charge < -0.3 is 20.1 Å². The summed E-state index contributed by atoms with van der Waals surface area (Å²) in [5, 5.41) is 0. The molecule has 1 aromatic carbocycles. The zero-order chi connectivity index (χ0) is 15.8. The molecule has 0 aliphatic heterocycles. The number of methoxy groups -OCH3 is 1. The number of hydrogen-bond acceptors (Lipinski definition) is 4. The van der Waals surface area contributed by atoms with Gasteiger partial charge in [0.05, 0.1) is 18.9 Å². The van der Waals surface area contributed by atoms with Crippen LogP contribution in [0.4, 0.5) is 5.69 Å². The number of amides is 1. The molecule has 5 heteroatoms. The van der Waals surface area contributed by atoms with E-state index in [0.29, 0.717) is 49.2 Å². The summed E-state index contributed by atoms with van der Waals surface area (Å²) in [5.41, 5.74) is 6.99. The molecule has 0 bridgehead atoms. The van der Waals surface area contributed by atoms with Crippen molar-refractivity contribution in [3.8, 4) is 5.75 Å². The van der Waals surface area contributed by atoms with E-state index in [1.165, 1.54) is 0 Å². The summed E-state index contributed by atoms with van der Waals surface area (Å²) in [5.74, 6) is 0.975. The highest BCUT2D eigenvalue weighted by Gasteiger charge is 2.17. The number of anilines is 1. The van der Waals surface area contributed by atoms with Crippen LogP contribution < -0.4 is 10.5 Å². The van der Waals surface area contributed by atoms with E-state index in [4.69, 9.17) is 15.2 Å². The van der Waals surface area contributed by atoms with E-state index < -0.39 is 0 Å². The van der Waals surface area contributed by atoms with Crippen LogP contribution in [0.5, 0.6) is 5.75 Å². The summed E-state index contributed by atoms with van der Waals surface area (Å²) in [6.45, 7) is 8.39. The van der Waals surface area contributed by atoms with Crippen molar-refractivity contribution in [1.29, 1.82) is 0 Å². The first-order valence-electron chi connectivity index (χ1n) is 7.30. The molecule has 0 saturated heterocycles. The van der Waals surface area contributed by atoms with Crippen molar-refractivity contribution in [3.05, 3.63) is 23.8 Å². The van der Waals surface area contributed by atoms with Gasteiger partial charge in [-0.25, -0.2) is 0 Å². The molecule has 2 N–H and O–H groups in total. The molecule has 0 heterocycles. The monoisotopic (exact) mass is 294 g/mol. The maximum atomic E-state index is 12.6. The van der Waals surface area contributed by atoms with Gasteiger partial charge in [-0.2, -0.15) is 0 Å². The van der Waals surface area contributed by atoms with E-state index >= 15 is 0 Å². The molecule has 118 valence electrons. The zero-order valence-corrected chi connectivity index (χ0v) is 13.4. The number of rotatable bonds is 8. The van der Waals surface area contributed by atoms with Crippen LogP contribution in [0.25, 0.3) is 0 Å². The fraction of sp³-hybridized carbons (Fsp3) is 0.562. The van der Waals surface area contributed by atoms with Crippen LogP contribution >= 0.6 is 0 Å². The van der Waals surface area contributed by atoms with Gasteiger partial charge >= 0.3 is 0 Å². The number of nitrogen functional groups attached to an aromatic ring is 1. The van der Waals surface area contributed by atoms with Crippen LogP contribution in [0, 0.1) is 5.92 Å². The van der Waals surface area contributed by atoms with Gasteiger partial charge in [0.25, 0.3) is 5.91 Å². The second-order valence-electron chi connectivity index (χ2n) is 5.32. The largest absolute Gasteiger partial charge is 0.492 e. The molecule has 0 spiro atoms. The minimum Gasteiger partial charge on any atom is -0.492 e. The molecule has 0 aliphatic rings. The number of carbonyl (C=O) groups excluding carboxylic acids is 1. The molecule has 1 amide bonds. The van der Waals surface area contributed by atoms with Gasteiger partial charge in [-0.15, -0.1) is 0 Å². The predicted octanol–water partition coefficient (Wildman–Crippen LogP) is 2.41. The van der Waals surface area contributed by atoms with E-state index in [1.807, 2.05) is 6.92 Å². The van der Waals surface area contributed by atoms with Gasteiger partial charge in [0.1, 0.15) is 5.75 Å². The van der Waals surface area contributed by atoms with Crippen molar-refractivity contribution in [2.75, 3.05) is 39.1 Å². The maximum absolute atomic E-state index is 12.6. The second kappa shape index (κ2) is 8.52. The molecule has 0 saturated carbocycles. The molecule has 21 heavy (non-hydrogen) atoms. The number of carbonyl (C=O) groups is 1. The molecular weight excluding hydrogens is 268 g/mol. The lowest BCUT2D eigenvalue weighted by atomic mass is 10.1. The second-order valence-corrected chi connectivity index (χ2v) is 5.32. The Labute approximate surface area is 127 Å². The van der Waals surface area contributed by atoms with Crippen molar-refractivity contribution >= 4 is 11.6 Å². The molecule has 0 radical (unpaired) electrons. The molecule has 0 aromatic heterocycles. The van der Waals surface area contributed by atoms with Gasteiger partial charge in [0.2, 0.25) is 0 Å². The first-order valence-corrected chi connectivity index (χ1v) is 7.30. The van der Waals surface area contributed by atoms with Crippen LogP contribution in [-0.2, 0) is 4.74 Å². The summed E-state index contributed by atoms with van der Waals surface area (Å²) in [6, 6.07) is 5.17. The lowest BCUT2D eigenvalue weighted by Gasteiger charge is -2.24. The Bertz CT molecular complexity index is 461. The average molecular weight is 294 g/mol. The first kappa shape index (κ1) is 17.3. The highest BCUT2D eigenvalue weighted by atomic mass is 16.5. The molecule has 0 unspecified atom stereocenters. The van der Waals surface area contributed by atoms with Gasteiger partial charge in [-0.1, -0.05) is 13.8 Å². The van der Waals surface area contributed by atoms with Crippen LogP contribution in [0.15, 0.2) is 18.2 Å². The van der Waals surface area contributed by atoms with Crippen molar-refractivity contribution in [2.24, 2.45) is 5.92 Å². The Morgan fingerprint density at radius 2 is 2.10 bits per heavy atom. The average Bonchev–Trinajstić information content (AvgIpc) is 2.44. The van der Waals surface area contributed by atoms with Gasteiger partial charge in [0, 0.05) is 25.8 Å². The Balaban J connectivity index is 2.89. The minimum atomic E-state index is -0.0319. The summed E-state index contributed by atoms with van der Waals surface area (Å²) >= 11 is 0. The standard InChI is InChI=1S/C16H26N2O3/c1-5-21-15-7-6-13(10-14(15)17)16(19)18(8-9-20-4)11-12(2)3/h6-7,10,12H,5,8-9,11,17H2,1-4H3. The molecule has 1 aromatic rings. The third kappa shape index (κ3) is 5.27. The lowest BCUT2D eigenvalue weighted by Crippen LogP contribution is -2.36. The fourth-order valence-corrected chi connectivity index (χ4v) is 2.07. The highest BCUT2D eigenvalue weighted by Crippen LogP contribution is 2.23. The zero-order valence-electron chi connectivity index (χ0n) is 13.4. The van der Waals surface area contributed by atoms with E-state index in [9.17, 15) is 4.79 Å². The third-order valence-electron chi connectivity index (χ3n) is 2.99. The number of nitrogens with zero attached hydrogens (tertiary/aromatic N) is 1. The molecular formula is C16H26N2O3. The van der Waals surface area contributed by atoms with Crippen LogP contribution in [0.3, 0.4) is 0 Å². The minimum absolute atomic E-state index is 0.0319. The number of hydrogen-bond donors (Lipinski definition) is 1. The van der Waals surface area contributed by atoms with Crippen LogP contribution in [0.2, 0.25) is 0 Å². The van der Waals surface area contributed by atoms with Gasteiger partial charge in [0.15, 0.2) is 0 Å². The maximum Gasteiger partial charge on any atom is 0.254 e. The Hall–Kier alpha value is -1.75. The van der Waals surface area contributed by atoms with Crippen molar-refractivity contribution in [1.82, 2.24) is 4.90 Å². The number of benzene rings is 1. The quantitative estimate of drug-likeness (QED) is 0.748. The Kier molecular flexibility index (Phi) is 7.02. The Morgan fingerprint density at radius 3 is 2.62 bits per heavy atom. The van der Waals surface area contributed by atoms with Crippen molar-refractivity contribution in [3.63, 3.8) is 0 Å².